The van der Waals surface area contributed by atoms with E-state index in [2.05, 4.69) is 22.0 Å². The number of hydrogen-bond donors (Lipinski definition) is 3. The van der Waals surface area contributed by atoms with Gasteiger partial charge in [-0.15, -0.1) is 0 Å². The summed E-state index contributed by atoms with van der Waals surface area (Å²) in [6.07, 6.45) is 3.31. The lowest BCUT2D eigenvalue weighted by molar-refractivity contribution is -0.122. The molecule has 0 aliphatic heterocycles. The molecule has 0 aromatic heterocycles. The highest BCUT2D eigenvalue weighted by atomic mass is 16.2. The first-order valence-corrected chi connectivity index (χ1v) is 9.00. The molecule has 1 aliphatic carbocycles. The van der Waals surface area contributed by atoms with Crippen molar-refractivity contribution in [3.8, 4) is 0 Å². The minimum absolute atomic E-state index is 0.111. The van der Waals surface area contributed by atoms with Crippen LogP contribution < -0.4 is 16.0 Å². The topological polar surface area (TPSA) is 87.3 Å². The summed E-state index contributed by atoms with van der Waals surface area (Å²) >= 11 is 0. The molecule has 3 rings (SSSR count). The van der Waals surface area contributed by atoms with Crippen molar-refractivity contribution in [1.29, 1.82) is 0 Å². The van der Waals surface area contributed by atoms with E-state index in [0.29, 0.717) is 11.3 Å². The number of benzene rings is 2. The predicted octanol–water partition coefficient (Wildman–Crippen LogP) is 2.81. The van der Waals surface area contributed by atoms with Crippen LogP contribution in [0.2, 0.25) is 0 Å². The molecule has 0 saturated carbocycles. The maximum Gasteiger partial charge on any atom is 0.255 e. The van der Waals surface area contributed by atoms with E-state index in [-0.39, 0.29) is 24.3 Å². The Morgan fingerprint density at radius 2 is 1.74 bits per heavy atom. The van der Waals surface area contributed by atoms with Crippen LogP contribution in [0, 0.1) is 6.92 Å². The van der Waals surface area contributed by atoms with Gasteiger partial charge in [0, 0.05) is 23.9 Å². The molecule has 3 amide bonds. The van der Waals surface area contributed by atoms with Crippen molar-refractivity contribution in [1.82, 2.24) is 5.32 Å². The zero-order valence-corrected chi connectivity index (χ0v) is 15.5. The van der Waals surface area contributed by atoms with Gasteiger partial charge in [0.1, 0.15) is 0 Å². The monoisotopic (exact) mass is 365 g/mol. The highest BCUT2D eigenvalue weighted by molar-refractivity contribution is 6.05. The lowest BCUT2D eigenvalue weighted by atomic mass is 10.1. The highest BCUT2D eigenvalue weighted by Gasteiger charge is 2.14. The number of carbonyl (C=O) groups excluding carboxylic acids is 3. The summed E-state index contributed by atoms with van der Waals surface area (Å²) in [6.45, 7) is 3.08. The number of hydrogen-bond acceptors (Lipinski definition) is 3. The van der Waals surface area contributed by atoms with Crippen molar-refractivity contribution < 1.29 is 14.4 Å². The van der Waals surface area contributed by atoms with Crippen LogP contribution in [0.3, 0.4) is 0 Å². The Balaban J connectivity index is 1.70. The standard InChI is InChI=1S/C21H23N3O3/c1-13-6-7-17(11-19(13)24-20(26)12-22-14(2)25)21(27)23-18-9-8-15-4-3-5-16(15)10-18/h6-11H,3-5,12H2,1-2H3,(H,22,25)(H,23,27)(H,24,26). The van der Waals surface area contributed by atoms with Crippen LogP contribution in [0.4, 0.5) is 11.4 Å². The Hall–Kier alpha value is -3.15. The van der Waals surface area contributed by atoms with Gasteiger partial charge in [0.2, 0.25) is 11.8 Å². The molecule has 0 bridgehead atoms. The molecule has 2 aromatic rings. The van der Waals surface area contributed by atoms with Crippen molar-refractivity contribution in [2.24, 2.45) is 0 Å². The van der Waals surface area contributed by atoms with Gasteiger partial charge >= 0.3 is 0 Å². The molecule has 0 saturated heterocycles. The Bertz CT molecular complexity index is 906. The Kier molecular flexibility index (Phi) is 5.54. The largest absolute Gasteiger partial charge is 0.347 e. The number of anilines is 2. The van der Waals surface area contributed by atoms with Crippen molar-refractivity contribution in [3.05, 3.63) is 58.7 Å². The number of rotatable bonds is 5. The van der Waals surface area contributed by atoms with Gasteiger partial charge in [0.25, 0.3) is 5.91 Å². The van der Waals surface area contributed by atoms with E-state index in [1.54, 1.807) is 18.2 Å². The van der Waals surface area contributed by atoms with Gasteiger partial charge in [-0.2, -0.15) is 0 Å². The fourth-order valence-electron chi connectivity index (χ4n) is 3.15. The van der Waals surface area contributed by atoms with Gasteiger partial charge in [-0.1, -0.05) is 12.1 Å². The molecular weight excluding hydrogens is 342 g/mol. The van der Waals surface area contributed by atoms with Crippen molar-refractivity contribution >= 4 is 29.1 Å². The molecule has 1 aliphatic rings. The molecule has 27 heavy (non-hydrogen) atoms. The minimum Gasteiger partial charge on any atom is -0.347 e. The number of carbonyl (C=O) groups is 3. The molecule has 0 unspecified atom stereocenters. The van der Waals surface area contributed by atoms with Crippen LogP contribution in [0.1, 0.15) is 40.4 Å². The van der Waals surface area contributed by atoms with Crippen LogP contribution in [0.5, 0.6) is 0 Å². The lowest BCUT2D eigenvalue weighted by Gasteiger charge is -2.12. The molecule has 2 aromatic carbocycles. The second-order valence-electron chi connectivity index (χ2n) is 6.78. The van der Waals surface area contributed by atoms with E-state index >= 15 is 0 Å². The van der Waals surface area contributed by atoms with Gasteiger partial charge in [-0.25, -0.2) is 0 Å². The molecule has 6 nitrogen and oxygen atoms in total. The third kappa shape index (κ3) is 4.73. The van der Waals surface area contributed by atoms with Gasteiger partial charge in [-0.3, -0.25) is 14.4 Å². The van der Waals surface area contributed by atoms with E-state index < -0.39 is 0 Å². The summed E-state index contributed by atoms with van der Waals surface area (Å²) in [6, 6.07) is 11.2. The number of fused-ring (bicyclic) bond motifs is 1. The molecule has 0 heterocycles. The lowest BCUT2D eigenvalue weighted by Crippen LogP contribution is -2.31. The Labute approximate surface area is 158 Å². The van der Waals surface area contributed by atoms with Crippen LogP contribution in [0.25, 0.3) is 0 Å². The average Bonchev–Trinajstić information content (AvgIpc) is 3.09. The molecule has 6 heteroatoms. The molecular formula is C21H23N3O3. The Morgan fingerprint density at radius 1 is 0.963 bits per heavy atom. The minimum atomic E-state index is -0.343. The van der Waals surface area contributed by atoms with E-state index in [1.165, 1.54) is 18.1 Å². The normalized spacial score (nSPS) is 12.2. The zero-order chi connectivity index (χ0) is 19.4. The second kappa shape index (κ2) is 8.03. The first-order valence-electron chi connectivity index (χ1n) is 9.00. The summed E-state index contributed by atoms with van der Waals surface area (Å²) in [5.41, 5.74) is 5.26. The summed E-state index contributed by atoms with van der Waals surface area (Å²) in [5, 5.41) is 8.09. The maximum absolute atomic E-state index is 12.6. The average molecular weight is 365 g/mol. The first kappa shape index (κ1) is 18.6. The summed E-state index contributed by atoms with van der Waals surface area (Å²) < 4.78 is 0. The second-order valence-corrected chi connectivity index (χ2v) is 6.78. The van der Waals surface area contributed by atoms with E-state index in [0.717, 1.165) is 30.5 Å². The molecule has 0 fully saturated rings. The quantitative estimate of drug-likeness (QED) is 0.761. The van der Waals surface area contributed by atoms with Gasteiger partial charge in [0.05, 0.1) is 6.54 Å². The summed E-state index contributed by atoms with van der Waals surface area (Å²) in [7, 11) is 0. The predicted molar refractivity (Wildman–Crippen MR) is 105 cm³/mol. The number of aryl methyl sites for hydroxylation is 3. The fraction of sp³-hybridized carbons (Fsp3) is 0.286. The van der Waals surface area contributed by atoms with Crippen LogP contribution in [0.15, 0.2) is 36.4 Å². The van der Waals surface area contributed by atoms with Crippen LogP contribution in [-0.4, -0.2) is 24.3 Å². The summed E-state index contributed by atoms with van der Waals surface area (Å²) in [5.74, 6) is -0.848. The molecule has 0 spiro atoms. The van der Waals surface area contributed by atoms with Gasteiger partial charge in [-0.05, 0) is 67.1 Å². The summed E-state index contributed by atoms with van der Waals surface area (Å²) in [4.78, 5) is 35.4. The third-order valence-electron chi connectivity index (χ3n) is 4.63. The molecule has 3 N–H and O–H groups in total. The molecule has 0 radical (unpaired) electrons. The first-order chi connectivity index (χ1) is 12.9. The zero-order valence-electron chi connectivity index (χ0n) is 15.5. The van der Waals surface area contributed by atoms with Crippen molar-refractivity contribution in [2.45, 2.75) is 33.1 Å². The van der Waals surface area contributed by atoms with E-state index in [1.807, 2.05) is 19.1 Å². The number of nitrogens with one attached hydrogen (secondary N) is 3. The smallest absolute Gasteiger partial charge is 0.255 e. The van der Waals surface area contributed by atoms with E-state index in [4.69, 9.17) is 0 Å². The highest BCUT2D eigenvalue weighted by Crippen LogP contribution is 2.25. The van der Waals surface area contributed by atoms with Crippen LogP contribution in [-0.2, 0) is 22.4 Å². The molecule has 140 valence electrons. The fourth-order valence-corrected chi connectivity index (χ4v) is 3.15. The van der Waals surface area contributed by atoms with E-state index in [9.17, 15) is 14.4 Å². The number of amides is 3. The van der Waals surface area contributed by atoms with Gasteiger partial charge in [0.15, 0.2) is 0 Å². The van der Waals surface area contributed by atoms with Crippen LogP contribution >= 0.6 is 0 Å². The maximum atomic E-state index is 12.6. The third-order valence-corrected chi connectivity index (χ3v) is 4.63. The van der Waals surface area contributed by atoms with Gasteiger partial charge < -0.3 is 16.0 Å². The van der Waals surface area contributed by atoms with Crippen molar-refractivity contribution in [3.63, 3.8) is 0 Å². The SMILES string of the molecule is CC(=O)NCC(=O)Nc1cc(C(=O)Nc2ccc3c(c2)CCC3)ccc1C. The van der Waals surface area contributed by atoms with Crippen molar-refractivity contribution in [2.75, 3.05) is 17.2 Å². The Morgan fingerprint density at radius 3 is 2.52 bits per heavy atom. The molecule has 0 atom stereocenters.